The first kappa shape index (κ1) is 15.4. The number of hydrogen-bond donors (Lipinski definition) is 2. The number of carboxylic acids is 1. The summed E-state index contributed by atoms with van der Waals surface area (Å²) in [5, 5.41) is 15.6. The van der Waals surface area contributed by atoms with E-state index in [0.717, 1.165) is 4.47 Å². The average molecular weight is 355 g/mol. The fraction of sp³-hybridized carbons (Fsp3) is 0.385. The lowest BCUT2D eigenvalue weighted by Gasteiger charge is -2.25. The topological polar surface area (TPSA) is 96.6 Å². The number of carbonyl (C=O) groups is 2. The minimum absolute atomic E-state index is 0.00671. The average Bonchev–Trinajstić information content (AvgIpc) is 2.79. The molecule has 0 atom stereocenters. The lowest BCUT2D eigenvalue weighted by Crippen LogP contribution is -2.43. The third-order valence-electron chi connectivity index (χ3n) is 2.99. The van der Waals surface area contributed by atoms with Crippen LogP contribution in [0.5, 0.6) is 0 Å². The summed E-state index contributed by atoms with van der Waals surface area (Å²) in [6.07, 6.45) is 5.06. The maximum atomic E-state index is 12.3. The first-order valence-corrected chi connectivity index (χ1v) is 7.11. The van der Waals surface area contributed by atoms with Crippen LogP contribution in [0.15, 0.2) is 23.1 Å². The highest BCUT2D eigenvalue weighted by atomic mass is 79.9. The SMILES string of the molecule is CC(C)(CCC(=O)O)NC(=O)c1cnn2cc(Br)cnc12. The molecule has 0 radical (unpaired) electrons. The van der Waals surface area contributed by atoms with E-state index in [1.165, 1.54) is 10.7 Å². The van der Waals surface area contributed by atoms with Gasteiger partial charge >= 0.3 is 5.97 Å². The predicted molar refractivity (Wildman–Crippen MR) is 79.1 cm³/mol. The van der Waals surface area contributed by atoms with Crippen LogP contribution in [0.1, 0.15) is 37.0 Å². The third kappa shape index (κ3) is 3.78. The first-order chi connectivity index (χ1) is 9.78. The van der Waals surface area contributed by atoms with Crippen LogP contribution in [-0.2, 0) is 4.79 Å². The van der Waals surface area contributed by atoms with E-state index in [1.807, 2.05) is 0 Å². The van der Waals surface area contributed by atoms with Crippen molar-refractivity contribution < 1.29 is 14.7 Å². The molecule has 0 aliphatic rings. The van der Waals surface area contributed by atoms with E-state index in [-0.39, 0.29) is 12.3 Å². The van der Waals surface area contributed by atoms with Crippen molar-refractivity contribution in [1.82, 2.24) is 19.9 Å². The maximum Gasteiger partial charge on any atom is 0.303 e. The zero-order chi connectivity index (χ0) is 15.6. The Morgan fingerprint density at radius 1 is 1.43 bits per heavy atom. The summed E-state index contributed by atoms with van der Waals surface area (Å²) < 4.78 is 2.26. The quantitative estimate of drug-likeness (QED) is 0.854. The van der Waals surface area contributed by atoms with Crippen LogP contribution in [0.25, 0.3) is 5.65 Å². The third-order valence-corrected chi connectivity index (χ3v) is 3.39. The van der Waals surface area contributed by atoms with Gasteiger partial charge in [0.15, 0.2) is 5.65 Å². The number of fused-ring (bicyclic) bond motifs is 1. The number of aliphatic carboxylic acids is 1. The Kier molecular flexibility index (Phi) is 4.26. The summed E-state index contributed by atoms with van der Waals surface area (Å²) in [4.78, 5) is 27.1. The molecule has 8 heteroatoms. The normalized spacial score (nSPS) is 11.6. The van der Waals surface area contributed by atoms with Crippen LogP contribution in [0, 0.1) is 0 Å². The second-order valence-electron chi connectivity index (χ2n) is 5.33. The molecule has 2 heterocycles. The van der Waals surface area contributed by atoms with Gasteiger partial charge in [0, 0.05) is 24.4 Å². The molecule has 2 N–H and O–H groups in total. The van der Waals surface area contributed by atoms with Crippen LogP contribution in [0.2, 0.25) is 0 Å². The van der Waals surface area contributed by atoms with Crippen molar-refractivity contribution in [3.05, 3.63) is 28.6 Å². The van der Waals surface area contributed by atoms with Gasteiger partial charge in [0.05, 0.1) is 10.7 Å². The van der Waals surface area contributed by atoms with Crippen molar-refractivity contribution in [3.8, 4) is 0 Å². The molecule has 0 bridgehead atoms. The van der Waals surface area contributed by atoms with Crippen LogP contribution < -0.4 is 5.32 Å². The Morgan fingerprint density at radius 2 is 2.14 bits per heavy atom. The highest BCUT2D eigenvalue weighted by Gasteiger charge is 2.24. The van der Waals surface area contributed by atoms with Crippen molar-refractivity contribution in [3.63, 3.8) is 0 Å². The summed E-state index contributed by atoms with van der Waals surface area (Å²) in [5.41, 5.74) is 0.176. The van der Waals surface area contributed by atoms with Gasteiger partial charge in [-0.25, -0.2) is 9.50 Å². The van der Waals surface area contributed by atoms with E-state index in [9.17, 15) is 9.59 Å². The van der Waals surface area contributed by atoms with Gasteiger partial charge in [-0.1, -0.05) is 0 Å². The second kappa shape index (κ2) is 5.80. The molecule has 0 aromatic carbocycles. The van der Waals surface area contributed by atoms with Gasteiger partial charge in [-0.2, -0.15) is 5.10 Å². The van der Waals surface area contributed by atoms with Gasteiger partial charge in [-0.3, -0.25) is 9.59 Å². The number of nitrogens with zero attached hydrogens (tertiary/aromatic N) is 3. The first-order valence-electron chi connectivity index (χ1n) is 6.32. The molecule has 2 aromatic heterocycles. The molecule has 7 nitrogen and oxygen atoms in total. The molecule has 0 spiro atoms. The molecule has 112 valence electrons. The molecule has 2 aromatic rings. The summed E-state index contributed by atoms with van der Waals surface area (Å²) in [7, 11) is 0. The molecule has 0 unspecified atom stereocenters. The van der Waals surface area contributed by atoms with Crippen LogP contribution >= 0.6 is 15.9 Å². The smallest absolute Gasteiger partial charge is 0.303 e. The Labute approximate surface area is 129 Å². The highest BCUT2D eigenvalue weighted by Crippen LogP contribution is 2.16. The second-order valence-corrected chi connectivity index (χ2v) is 6.25. The predicted octanol–water partition coefficient (Wildman–Crippen LogP) is 1.86. The number of carbonyl (C=O) groups excluding carboxylic acids is 1. The molecule has 0 aliphatic heterocycles. The van der Waals surface area contributed by atoms with Crippen molar-refractivity contribution in [1.29, 1.82) is 0 Å². The molecule has 0 saturated heterocycles. The Hall–Kier alpha value is -1.96. The Morgan fingerprint density at radius 3 is 2.81 bits per heavy atom. The number of halogens is 1. The van der Waals surface area contributed by atoms with Crippen molar-refractivity contribution in [2.24, 2.45) is 0 Å². The largest absolute Gasteiger partial charge is 0.481 e. The molecule has 0 saturated carbocycles. The highest BCUT2D eigenvalue weighted by molar-refractivity contribution is 9.10. The van der Waals surface area contributed by atoms with Crippen molar-refractivity contribution >= 4 is 33.5 Å². The summed E-state index contributed by atoms with van der Waals surface area (Å²) in [6, 6.07) is 0. The van der Waals surface area contributed by atoms with Gasteiger partial charge in [0.1, 0.15) is 5.56 Å². The van der Waals surface area contributed by atoms with E-state index in [0.29, 0.717) is 17.6 Å². The monoisotopic (exact) mass is 354 g/mol. The van der Waals surface area contributed by atoms with E-state index in [1.54, 1.807) is 26.2 Å². The van der Waals surface area contributed by atoms with Gasteiger partial charge in [0.2, 0.25) is 0 Å². The van der Waals surface area contributed by atoms with Gasteiger partial charge < -0.3 is 10.4 Å². The summed E-state index contributed by atoms with van der Waals surface area (Å²) in [6.45, 7) is 3.56. The van der Waals surface area contributed by atoms with Gasteiger partial charge in [-0.05, 0) is 36.2 Å². The molecule has 0 fully saturated rings. The lowest BCUT2D eigenvalue weighted by molar-refractivity contribution is -0.137. The molecule has 21 heavy (non-hydrogen) atoms. The molecule has 0 aliphatic carbocycles. The van der Waals surface area contributed by atoms with E-state index >= 15 is 0 Å². The van der Waals surface area contributed by atoms with Gasteiger partial charge in [-0.15, -0.1) is 0 Å². The van der Waals surface area contributed by atoms with Crippen LogP contribution in [-0.4, -0.2) is 37.1 Å². The standard InChI is InChI=1S/C13H15BrN4O3/c1-13(2,4-3-10(19)20)17-12(21)9-6-16-18-7-8(14)5-15-11(9)18/h5-7H,3-4H2,1-2H3,(H,17,21)(H,19,20). The maximum absolute atomic E-state index is 12.3. The minimum atomic E-state index is -0.889. The molecule has 2 rings (SSSR count). The number of rotatable bonds is 5. The van der Waals surface area contributed by atoms with Crippen LogP contribution in [0.4, 0.5) is 0 Å². The zero-order valence-electron chi connectivity index (χ0n) is 11.6. The Bertz CT molecular complexity index is 696. The summed E-state index contributed by atoms with van der Waals surface area (Å²) in [5.74, 6) is -1.21. The molecular weight excluding hydrogens is 340 g/mol. The van der Waals surface area contributed by atoms with Gasteiger partial charge in [0.25, 0.3) is 5.91 Å². The fourth-order valence-electron chi connectivity index (χ4n) is 1.87. The van der Waals surface area contributed by atoms with E-state index in [4.69, 9.17) is 5.11 Å². The number of carboxylic acid groups (broad SMARTS) is 1. The minimum Gasteiger partial charge on any atom is -0.481 e. The number of nitrogens with one attached hydrogen (secondary N) is 1. The van der Waals surface area contributed by atoms with Crippen molar-refractivity contribution in [2.45, 2.75) is 32.2 Å². The molecule has 1 amide bonds. The summed E-state index contributed by atoms with van der Waals surface area (Å²) >= 11 is 3.28. The van der Waals surface area contributed by atoms with Crippen molar-refractivity contribution in [2.75, 3.05) is 0 Å². The van der Waals surface area contributed by atoms with E-state index in [2.05, 4.69) is 31.3 Å². The lowest BCUT2D eigenvalue weighted by atomic mass is 9.98. The molecular formula is C13H15BrN4O3. The van der Waals surface area contributed by atoms with E-state index < -0.39 is 11.5 Å². The Balaban J connectivity index is 2.17. The fourth-order valence-corrected chi connectivity index (χ4v) is 2.17. The number of amides is 1. The van der Waals surface area contributed by atoms with Crippen LogP contribution in [0.3, 0.4) is 0 Å². The zero-order valence-corrected chi connectivity index (χ0v) is 13.2. The number of aromatic nitrogens is 3. The number of hydrogen-bond acceptors (Lipinski definition) is 4.